The first kappa shape index (κ1) is 63.5. The number of rotatable bonds is 16. The number of nitrogens with one attached hydrogen (secondary N) is 1. The monoisotopic (exact) mass is 947 g/mol. The predicted molar refractivity (Wildman–Crippen MR) is 274 cm³/mol. The van der Waals surface area contributed by atoms with Gasteiger partial charge in [-0.3, -0.25) is 19.6 Å². The molecule has 14 nitrogen and oxygen atoms in total. The molecule has 396 valence electrons. The zero-order valence-electron chi connectivity index (χ0n) is 47.1. The van der Waals surface area contributed by atoms with Gasteiger partial charge in [-0.2, -0.15) is 0 Å². The molecule has 0 aliphatic carbocycles. The third-order valence-electron chi connectivity index (χ3n) is 12.5. The molecule has 0 spiro atoms. The lowest BCUT2D eigenvalue weighted by atomic mass is 9.89. The number of hydrogen-bond acceptors (Lipinski definition) is 14. The maximum Gasteiger partial charge on any atom is 0.163 e. The van der Waals surface area contributed by atoms with Crippen molar-refractivity contribution in [2.75, 3.05) is 132 Å². The van der Waals surface area contributed by atoms with Gasteiger partial charge in [-0.1, -0.05) is 41.5 Å². The van der Waals surface area contributed by atoms with Crippen LogP contribution in [0.5, 0.6) is 0 Å². The molecule has 0 aromatic rings. The van der Waals surface area contributed by atoms with E-state index in [1.807, 2.05) is 41.5 Å². The van der Waals surface area contributed by atoms with Crippen LogP contribution >= 0.6 is 0 Å². The Hall–Kier alpha value is -0.560. The molecule has 5 heterocycles. The Labute approximate surface area is 408 Å². The normalized spacial score (nSPS) is 24.5. The summed E-state index contributed by atoms with van der Waals surface area (Å²) in [6, 6.07) is 1.83. The summed E-state index contributed by atoms with van der Waals surface area (Å²) in [5.74, 6) is -1.15. The zero-order valence-corrected chi connectivity index (χ0v) is 47.1. The van der Waals surface area contributed by atoms with Crippen molar-refractivity contribution >= 4 is 0 Å². The van der Waals surface area contributed by atoms with Gasteiger partial charge in [0, 0.05) is 89.1 Å². The predicted octanol–water partition coefficient (Wildman–Crippen LogP) is 7.68. The molecule has 5 aliphatic rings. The van der Waals surface area contributed by atoms with Gasteiger partial charge in [0.15, 0.2) is 17.4 Å². The fraction of sp³-hybridized carbons (Fsp3) is 1.00. The van der Waals surface area contributed by atoms with Crippen molar-refractivity contribution in [3.63, 3.8) is 0 Å². The van der Waals surface area contributed by atoms with E-state index in [2.05, 4.69) is 134 Å². The lowest BCUT2D eigenvalue weighted by molar-refractivity contribution is -0.141. The Bertz CT molecular complexity index is 1190. The third-order valence-corrected chi connectivity index (χ3v) is 12.5. The molecule has 3 unspecified atom stereocenters. The molecule has 0 aromatic carbocycles. The van der Waals surface area contributed by atoms with Gasteiger partial charge in [-0.15, -0.1) is 0 Å². The standard InChI is InChI=1S/2C11H23NO2.C11H22O2.C10H22N2O.C9H20N2O/c1-10(2,3)12(6)7-9-8-13-11(4,5)14-9;1-6-12(9(2)3)7-10-8-13-11(4,5)14-10;1-10(2,3)7-6-9-8-12-11(4,5)13-9;1-10(2)11(3)4-5-12-6-8-13-9-7-12;1-9(2)10-3-4-11-5-7-12-8-6-11/h9H,7-8H2,1-6H3;9-10H,6-8H2,1-5H3;9H,6-8H2,1-5H3;10H,4-9H2,1-3H3;9-10H,3-8H2,1-2H3. The van der Waals surface area contributed by atoms with Gasteiger partial charge >= 0.3 is 0 Å². The van der Waals surface area contributed by atoms with Crippen LogP contribution in [-0.2, 0) is 37.9 Å². The molecule has 1 N–H and O–H groups in total. The highest BCUT2D eigenvalue weighted by Gasteiger charge is 2.36. The Kier molecular flexibility index (Phi) is 29.8. The summed E-state index contributed by atoms with van der Waals surface area (Å²) < 4.78 is 44.3. The SMILES string of the molecule is CC(C)(C)CCC1COC(C)(C)O1.CC(C)N(C)CCN1CCOCC1.CC(C)NCCN1CCOCC1.CCN(CC1COC(C)(C)O1)C(C)C.CN(CC1COC(C)(C)O1)C(C)(C)C. The van der Waals surface area contributed by atoms with Crippen LogP contribution in [0.3, 0.4) is 0 Å². The van der Waals surface area contributed by atoms with Gasteiger partial charge in [0.05, 0.1) is 64.6 Å². The summed E-state index contributed by atoms with van der Waals surface area (Å²) in [6.07, 6.45) is 3.03. The smallest absolute Gasteiger partial charge is 0.163 e. The van der Waals surface area contributed by atoms with E-state index >= 15 is 0 Å². The van der Waals surface area contributed by atoms with E-state index in [4.69, 9.17) is 37.9 Å². The summed E-state index contributed by atoms with van der Waals surface area (Å²) in [7, 11) is 4.31. The zero-order chi connectivity index (χ0) is 50.4. The van der Waals surface area contributed by atoms with Crippen molar-refractivity contribution < 1.29 is 37.9 Å². The second-order valence-corrected chi connectivity index (χ2v) is 23.3. The molecule has 0 radical (unpaired) electrons. The Morgan fingerprint density at radius 1 is 0.606 bits per heavy atom. The second kappa shape index (κ2) is 31.0. The fourth-order valence-corrected chi connectivity index (χ4v) is 7.47. The maximum atomic E-state index is 5.77. The minimum atomic E-state index is -0.399. The molecule has 0 aromatic heterocycles. The first-order valence-electron chi connectivity index (χ1n) is 25.9. The van der Waals surface area contributed by atoms with Crippen LogP contribution in [0, 0.1) is 5.41 Å². The van der Waals surface area contributed by atoms with E-state index in [9.17, 15) is 0 Å². The highest BCUT2D eigenvalue weighted by Crippen LogP contribution is 2.29. The largest absolute Gasteiger partial charge is 0.379 e. The lowest BCUT2D eigenvalue weighted by Gasteiger charge is -2.33. The van der Waals surface area contributed by atoms with Gasteiger partial charge in [-0.25, -0.2) is 0 Å². The molecule has 14 heteroatoms. The Morgan fingerprint density at radius 3 is 1.38 bits per heavy atom. The van der Waals surface area contributed by atoms with Crippen LogP contribution in [-0.4, -0.2) is 216 Å². The minimum Gasteiger partial charge on any atom is -0.379 e. The first-order valence-corrected chi connectivity index (χ1v) is 25.9. The molecular weight excluding hydrogens is 837 g/mol. The van der Waals surface area contributed by atoms with Crippen LogP contribution in [0.25, 0.3) is 0 Å². The number of hydrogen-bond donors (Lipinski definition) is 1. The molecule has 66 heavy (non-hydrogen) atoms. The molecule has 0 bridgehead atoms. The topological polar surface area (TPSA) is 102 Å². The molecule has 5 aliphatic heterocycles. The van der Waals surface area contributed by atoms with Crippen LogP contribution in [0.4, 0.5) is 0 Å². The van der Waals surface area contributed by atoms with Crippen molar-refractivity contribution in [3.8, 4) is 0 Å². The number of nitrogens with zero attached hydrogens (tertiary/aromatic N) is 5. The Morgan fingerprint density at radius 2 is 1.03 bits per heavy atom. The Balaban J connectivity index is 0.000000413. The molecule has 0 saturated carbocycles. The summed E-state index contributed by atoms with van der Waals surface area (Å²) in [6.45, 7) is 58.4. The van der Waals surface area contributed by atoms with E-state index in [1.165, 1.54) is 13.0 Å². The van der Waals surface area contributed by atoms with Crippen LogP contribution in [0.1, 0.15) is 144 Å². The van der Waals surface area contributed by atoms with Crippen molar-refractivity contribution in [3.05, 3.63) is 0 Å². The summed E-state index contributed by atoms with van der Waals surface area (Å²) >= 11 is 0. The molecule has 5 rings (SSSR count). The van der Waals surface area contributed by atoms with Crippen molar-refractivity contribution in [1.29, 1.82) is 0 Å². The van der Waals surface area contributed by atoms with Gasteiger partial charge in [0.25, 0.3) is 0 Å². The van der Waals surface area contributed by atoms with E-state index < -0.39 is 5.79 Å². The van der Waals surface area contributed by atoms with E-state index in [1.54, 1.807) is 0 Å². The summed E-state index contributed by atoms with van der Waals surface area (Å²) in [4.78, 5) is 12.0. The van der Waals surface area contributed by atoms with E-state index in [-0.39, 0.29) is 29.3 Å². The average molecular weight is 947 g/mol. The quantitative estimate of drug-likeness (QED) is 0.164. The van der Waals surface area contributed by atoms with Crippen LogP contribution in [0.2, 0.25) is 0 Å². The highest BCUT2D eigenvalue weighted by atomic mass is 16.8. The van der Waals surface area contributed by atoms with Crippen molar-refractivity contribution in [1.82, 2.24) is 29.8 Å². The number of morpholine rings is 2. The van der Waals surface area contributed by atoms with Crippen LogP contribution in [0.15, 0.2) is 0 Å². The van der Waals surface area contributed by atoms with E-state index in [0.29, 0.717) is 36.3 Å². The van der Waals surface area contributed by atoms with Gasteiger partial charge < -0.3 is 48.1 Å². The summed E-state index contributed by atoms with van der Waals surface area (Å²) in [5.41, 5.74) is 0.589. The lowest BCUT2D eigenvalue weighted by Crippen LogP contribution is -2.43. The van der Waals surface area contributed by atoms with E-state index in [0.717, 1.165) is 112 Å². The van der Waals surface area contributed by atoms with Crippen LogP contribution < -0.4 is 5.32 Å². The fourth-order valence-electron chi connectivity index (χ4n) is 7.47. The molecule has 3 atom stereocenters. The molecule has 5 fully saturated rings. The minimum absolute atomic E-state index is 0.191. The first-order chi connectivity index (χ1) is 30.4. The van der Waals surface area contributed by atoms with Gasteiger partial charge in [0.2, 0.25) is 0 Å². The van der Waals surface area contributed by atoms with Crippen molar-refractivity contribution in [2.24, 2.45) is 5.41 Å². The van der Waals surface area contributed by atoms with Gasteiger partial charge in [-0.05, 0) is 129 Å². The van der Waals surface area contributed by atoms with Crippen molar-refractivity contribution in [2.45, 2.75) is 204 Å². The maximum absolute atomic E-state index is 5.77. The number of ether oxygens (including phenoxy) is 8. The summed E-state index contributed by atoms with van der Waals surface area (Å²) in [5, 5.41) is 3.41. The second-order valence-electron chi connectivity index (χ2n) is 23.3. The molecular formula is C52H110N6O8. The van der Waals surface area contributed by atoms with Gasteiger partial charge in [0.1, 0.15) is 0 Å². The highest BCUT2D eigenvalue weighted by molar-refractivity contribution is 4.80. The third kappa shape index (κ3) is 30.9. The average Bonchev–Trinajstić information content (AvgIpc) is 3.88. The molecule has 0 amide bonds. The number of likely N-dealkylation sites (N-methyl/N-ethyl adjacent to an activating group) is 3. The molecule has 5 saturated heterocycles.